The van der Waals surface area contributed by atoms with Crippen LogP contribution in [0.1, 0.15) is 50.7 Å². The van der Waals surface area contributed by atoms with Gasteiger partial charge in [-0.1, -0.05) is 49.2 Å². The summed E-state index contributed by atoms with van der Waals surface area (Å²) in [5.74, 6) is -0.749. The Morgan fingerprint density at radius 3 is 2.37 bits per heavy atom. The number of benzene rings is 2. The van der Waals surface area contributed by atoms with E-state index in [1.807, 2.05) is 6.92 Å². The van der Waals surface area contributed by atoms with E-state index >= 15 is 0 Å². The number of halogens is 4. The zero-order chi connectivity index (χ0) is 28.5. The third-order valence-electron chi connectivity index (χ3n) is 5.91. The van der Waals surface area contributed by atoms with E-state index in [4.69, 9.17) is 11.6 Å². The van der Waals surface area contributed by atoms with Crippen LogP contribution in [0.15, 0.2) is 48.5 Å². The van der Waals surface area contributed by atoms with Gasteiger partial charge in [0, 0.05) is 31.1 Å². The fourth-order valence-corrected chi connectivity index (χ4v) is 4.92. The zero-order valence-corrected chi connectivity index (χ0v) is 23.2. The van der Waals surface area contributed by atoms with Gasteiger partial charge in [-0.3, -0.25) is 13.9 Å². The molecule has 2 aromatic rings. The van der Waals surface area contributed by atoms with Crippen molar-refractivity contribution in [2.75, 3.05) is 23.7 Å². The number of rotatable bonds is 13. The fourth-order valence-electron chi connectivity index (χ4n) is 3.77. The van der Waals surface area contributed by atoms with Crippen molar-refractivity contribution in [1.29, 1.82) is 0 Å². The molecule has 0 spiro atoms. The van der Waals surface area contributed by atoms with Crippen molar-refractivity contribution in [2.45, 2.75) is 58.3 Å². The summed E-state index contributed by atoms with van der Waals surface area (Å²) in [5.41, 5.74) is -0.489. The van der Waals surface area contributed by atoms with Crippen molar-refractivity contribution in [3.05, 3.63) is 64.7 Å². The van der Waals surface area contributed by atoms with Crippen LogP contribution in [0.25, 0.3) is 0 Å². The SMILES string of the molecule is CCCCNC(=O)C(C)N(Cc1ccccc1Cl)C(=O)CCCN(c1cccc(C(F)(F)F)c1)S(C)(=O)=O. The van der Waals surface area contributed by atoms with E-state index in [9.17, 15) is 31.2 Å². The number of carbonyl (C=O) groups excluding carboxylic acids is 2. The van der Waals surface area contributed by atoms with Crippen molar-refractivity contribution in [3.63, 3.8) is 0 Å². The molecular weight excluding hydrogens is 543 g/mol. The largest absolute Gasteiger partial charge is 0.416 e. The van der Waals surface area contributed by atoms with Gasteiger partial charge in [-0.2, -0.15) is 13.2 Å². The van der Waals surface area contributed by atoms with Crippen LogP contribution >= 0.6 is 11.6 Å². The van der Waals surface area contributed by atoms with Gasteiger partial charge < -0.3 is 10.2 Å². The van der Waals surface area contributed by atoms with Gasteiger partial charge in [0.2, 0.25) is 21.8 Å². The standard InChI is InChI=1S/C26H33ClF3N3O4S/c1-4-5-15-31-25(35)19(2)32(18-20-10-6-7-13-23(20)27)24(34)14-9-16-33(38(3,36)37)22-12-8-11-21(17-22)26(28,29)30/h6-8,10-13,17,19H,4-5,9,14-16,18H2,1-3H3,(H,31,35). The van der Waals surface area contributed by atoms with Crippen molar-refractivity contribution < 1.29 is 31.2 Å². The molecule has 0 aliphatic rings. The quantitative estimate of drug-likeness (QED) is 0.331. The molecule has 0 aromatic heterocycles. The number of nitrogens with one attached hydrogen (secondary N) is 1. The molecule has 1 N–H and O–H groups in total. The molecule has 7 nitrogen and oxygen atoms in total. The van der Waals surface area contributed by atoms with Crippen molar-refractivity contribution in [3.8, 4) is 0 Å². The summed E-state index contributed by atoms with van der Waals surface area (Å²) in [6.07, 6.45) is -2.19. The highest BCUT2D eigenvalue weighted by Crippen LogP contribution is 2.32. The number of carbonyl (C=O) groups is 2. The van der Waals surface area contributed by atoms with Crippen LogP contribution in [0.3, 0.4) is 0 Å². The number of unbranched alkanes of at least 4 members (excludes halogenated alkanes) is 1. The highest BCUT2D eigenvalue weighted by molar-refractivity contribution is 7.92. The lowest BCUT2D eigenvalue weighted by atomic mass is 10.1. The Bertz CT molecular complexity index is 1210. The maximum absolute atomic E-state index is 13.3. The van der Waals surface area contributed by atoms with Gasteiger partial charge in [-0.25, -0.2) is 8.42 Å². The molecule has 0 heterocycles. The number of alkyl halides is 3. The molecule has 0 aliphatic heterocycles. The second-order valence-corrected chi connectivity index (χ2v) is 11.2. The Labute approximate surface area is 227 Å². The molecule has 0 fully saturated rings. The van der Waals surface area contributed by atoms with Crippen LogP contribution in [0.2, 0.25) is 5.02 Å². The molecule has 2 aromatic carbocycles. The molecule has 38 heavy (non-hydrogen) atoms. The second-order valence-electron chi connectivity index (χ2n) is 8.92. The van der Waals surface area contributed by atoms with E-state index in [1.54, 1.807) is 31.2 Å². The summed E-state index contributed by atoms with van der Waals surface area (Å²) < 4.78 is 65.1. The van der Waals surface area contributed by atoms with Crippen LogP contribution in [0.4, 0.5) is 18.9 Å². The smallest absolute Gasteiger partial charge is 0.354 e. The first-order chi connectivity index (χ1) is 17.8. The molecule has 0 saturated carbocycles. The van der Waals surface area contributed by atoms with Crippen molar-refractivity contribution >= 4 is 39.1 Å². The molecule has 2 amide bonds. The van der Waals surface area contributed by atoms with E-state index in [-0.39, 0.29) is 37.5 Å². The topological polar surface area (TPSA) is 86.8 Å². The molecule has 2 rings (SSSR count). The van der Waals surface area contributed by atoms with Gasteiger partial charge in [0.1, 0.15) is 6.04 Å². The molecule has 0 bridgehead atoms. The molecule has 1 atom stereocenters. The highest BCUT2D eigenvalue weighted by Gasteiger charge is 2.32. The van der Waals surface area contributed by atoms with Gasteiger partial charge in [-0.15, -0.1) is 0 Å². The first-order valence-corrected chi connectivity index (χ1v) is 14.4. The first-order valence-electron chi connectivity index (χ1n) is 12.2. The number of anilines is 1. The van der Waals surface area contributed by atoms with Gasteiger partial charge in [0.05, 0.1) is 17.5 Å². The highest BCUT2D eigenvalue weighted by atomic mass is 35.5. The van der Waals surface area contributed by atoms with E-state index in [1.165, 1.54) is 11.0 Å². The average molecular weight is 576 g/mol. The molecule has 210 valence electrons. The summed E-state index contributed by atoms with van der Waals surface area (Å²) in [6.45, 7) is 3.89. The Morgan fingerprint density at radius 1 is 1.08 bits per heavy atom. The third kappa shape index (κ3) is 9.20. The van der Waals surface area contributed by atoms with E-state index in [2.05, 4.69) is 5.32 Å². The molecule has 0 aliphatic carbocycles. The number of nitrogens with zero attached hydrogens (tertiary/aromatic N) is 2. The fraction of sp³-hybridized carbons (Fsp3) is 0.462. The van der Waals surface area contributed by atoms with E-state index < -0.39 is 33.7 Å². The lowest BCUT2D eigenvalue weighted by Crippen LogP contribution is -2.48. The minimum atomic E-state index is -4.64. The minimum absolute atomic E-state index is 0.0192. The lowest BCUT2D eigenvalue weighted by molar-refractivity contribution is -0.140. The van der Waals surface area contributed by atoms with Crippen LogP contribution < -0.4 is 9.62 Å². The molecule has 12 heteroatoms. The van der Waals surface area contributed by atoms with Crippen LogP contribution in [0, 0.1) is 0 Å². The zero-order valence-electron chi connectivity index (χ0n) is 21.6. The number of hydrogen-bond acceptors (Lipinski definition) is 4. The minimum Gasteiger partial charge on any atom is -0.354 e. The monoisotopic (exact) mass is 575 g/mol. The molecule has 0 radical (unpaired) electrons. The maximum atomic E-state index is 13.3. The third-order valence-corrected chi connectivity index (χ3v) is 7.47. The predicted molar refractivity (Wildman–Crippen MR) is 142 cm³/mol. The predicted octanol–water partition coefficient (Wildman–Crippen LogP) is 5.24. The van der Waals surface area contributed by atoms with Crippen molar-refractivity contribution in [2.24, 2.45) is 0 Å². The van der Waals surface area contributed by atoms with Crippen LogP contribution in [-0.4, -0.2) is 50.5 Å². The normalized spacial score (nSPS) is 12.6. The average Bonchev–Trinajstić information content (AvgIpc) is 2.84. The van der Waals surface area contributed by atoms with Gasteiger partial charge >= 0.3 is 6.18 Å². The summed E-state index contributed by atoms with van der Waals surface area (Å²) in [5, 5.41) is 3.23. The van der Waals surface area contributed by atoms with E-state index in [0.717, 1.165) is 41.6 Å². The van der Waals surface area contributed by atoms with Crippen molar-refractivity contribution in [1.82, 2.24) is 10.2 Å². The van der Waals surface area contributed by atoms with Crippen LogP contribution in [-0.2, 0) is 32.3 Å². The van der Waals surface area contributed by atoms with Gasteiger partial charge in [0.15, 0.2) is 0 Å². The van der Waals surface area contributed by atoms with E-state index in [0.29, 0.717) is 17.1 Å². The maximum Gasteiger partial charge on any atom is 0.416 e. The summed E-state index contributed by atoms with van der Waals surface area (Å²) in [6, 6.07) is 10.1. The van der Waals surface area contributed by atoms with Gasteiger partial charge in [0.25, 0.3) is 0 Å². The summed E-state index contributed by atoms with van der Waals surface area (Å²) >= 11 is 6.28. The molecular formula is C26H33ClF3N3O4S. The lowest BCUT2D eigenvalue weighted by Gasteiger charge is -2.30. The summed E-state index contributed by atoms with van der Waals surface area (Å²) in [4.78, 5) is 27.4. The van der Waals surface area contributed by atoms with Crippen LogP contribution in [0.5, 0.6) is 0 Å². The number of amides is 2. The first kappa shape index (κ1) is 31.4. The summed E-state index contributed by atoms with van der Waals surface area (Å²) in [7, 11) is -3.94. The Balaban J connectivity index is 2.20. The Morgan fingerprint density at radius 2 is 1.76 bits per heavy atom. The Kier molecular flexibility index (Phi) is 11.4. The Hall–Kier alpha value is -2.79. The molecule has 0 saturated heterocycles. The number of hydrogen-bond donors (Lipinski definition) is 1. The number of sulfonamides is 1. The second kappa shape index (κ2) is 13.8. The molecule has 1 unspecified atom stereocenters. The van der Waals surface area contributed by atoms with Gasteiger partial charge in [-0.05, 0) is 49.6 Å².